The maximum absolute atomic E-state index is 12.3. The monoisotopic (exact) mass is 256 g/mol. The van der Waals surface area contributed by atoms with Gasteiger partial charge in [0.25, 0.3) is 6.43 Å². The highest BCUT2D eigenvalue weighted by Crippen LogP contribution is 2.28. The summed E-state index contributed by atoms with van der Waals surface area (Å²) >= 11 is 0. The SMILES string of the molecule is CNCC(C)C(=O)N(CC(F)F)C1CC1.Cl. The number of hydrogen-bond acceptors (Lipinski definition) is 2. The Balaban J connectivity index is 0.00000225. The zero-order valence-corrected chi connectivity index (χ0v) is 10.4. The molecule has 1 aliphatic rings. The molecule has 1 saturated carbocycles. The molecule has 0 aromatic carbocycles. The quantitative estimate of drug-likeness (QED) is 0.782. The van der Waals surface area contributed by atoms with Gasteiger partial charge in [-0.2, -0.15) is 0 Å². The van der Waals surface area contributed by atoms with E-state index in [0.29, 0.717) is 6.54 Å². The van der Waals surface area contributed by atoms with Gasteiger partial charge in [-0.1, -0.05) is 6.92 Å². The number of rotatable bonds is 6. The predicted molar refractivity (Wildman–Crippen MR) is 61.1 cm³/mol. The molecule has 16 heavy (non-hydrogen) atoms. The van der Waals surface area contributed by atoms with Crippen LogP contribution in [-0.4, -0.2) is 43.4 Å². The van der Waals surface area contributed by atoms with Crippen molar-refractivity contribution in [2.24, 2.45) is 5.92 Å². The number of carbonyl (C=O) groups excluding carboxylic acids is 1. The van der Waals surface area contributed by atoms with Crippen LogP contribution in [0.3, 0.4) is 0 Å². The molecule has 6 heteroatoms. The van der Waals surface area contributed by atoms with E-state index < -0.39 is 13.0 Å². The third-order valence-electron chi connectivity index (χ3n) is 2.54. The van der Waals surface area contributed by atoms with Crippen LogP contribution in [0.2, 0.25) is 0 Å². The Kier molecular flexibility index (Phi) is 6.83. The van der Waals surface area contributed by atoms with Crippen molar-refractivity contribution in [1.29, 1.82) is 0 Å². The minimum absolute atomic E-state index is 0. The molecule has 1 atom stereocenters. The predicted octanol–water partition coefficient (Wildman–Crippen LogP) is 1.52. The van der Waals surface area contributed by atoms with Crippen LogP contribution in [0.15, 0.2) is 0 Å². The number of hydrogen-bond donors (Lipinski definition) is 1. The molecule has 0 heterocycles. The molecule has 1 N–H and O–H groups in total. The normalized spacial score (nSPS) is 16.8. The fourth-order valence-electron chi connectivity index (χ4n) is 1.63. The summed E-state index contributed by atoms with van der Waals surface area (Å²) < 4.78 is 24.5. The van der Waals surface area contributed by atoms with Gasteiger partial charge in [-0.15, -0.1) is 12.4 Å². The second kappa shape index (κ2) is 7.01. The summed E-state index contributed by atoms with van der Waals surface area (Å²) in [4.78, 5) is 13.1. The smallest absolute Gasteiger partial charge is 0.255 e. The van der Waals surface area contributed by atoms with Crippen LogP contribution in [0.5, 0.6) is 0 Å². The molecular formula is C10H19ClF2N2O. The maximum atomic E-state index is 12.3. The molecule has 3 nitrogen and oxygen atoms in total. The zero-order valence-electron chi connectivity index (χ0n) is 9.58. The first-order valence-electron chi connectivity index (χ1n) is 5.29. The lowest BCUT2D eigenvalue weighted by molar-refractivity contribution is -0.137. The van der Waals surface area contributed by atoms with Crippen LogP contribution >= 0.6 is 12.4 Å². The minimum Gasteiger partial charge on any atom is -0.334 e. The van der Waals surface area contributed by atoms with Gasteiger partial charge >= 0.3 is 0 Å². The minimum atomic E-state index is -2.43. The average molecular weight is 257 g/mol. The standard InChI is InChI=1S/C10H18F2N2O.ClH/c1-7(5-13-2)10(15)14(6-9(11)12)8-3-4-8;/h7-9,13H,3-6H2,1-2H3;1H. The highest BCUT2D eigenvalue weighted by atomic mass is 35.5. The van der Waals surface area contributed by atoms with Gasteiger partial charge in [0.05, 0.1) is 6.54 Å². The van der Waals surface area contributed by atoms with Gasteiger partial charge in [0.15, 0.2) is 0 Å². The Morgan fingerprint density at radius 1 is 1.50 bits per heavy atom. The van der Waals surface area contributed by atoms with E-state index in [1.807, 2.05) is 0 Å². The number of carbonyl (C=O) groups is 1. The number of nitrogens with one attached hydrogen (secondary N) is 1. The van der Waals surface area contributed by atoms with E-state index >= 15 is 0 Å². The molecule has 0 aromatic rings. The van der Waals surface area contributed by atoms with E-state index in [-0.39, 0.29) is 30.3 Å². The van der Waals surface area contributed by atoms with E-state index in [4.69, 9.17) is 0 Å². The van der Waals surface area contributed by atoms with Crippen molar-refractivity contribution in [2.75, 3.05) is 20.1 Å². The summed E-state index contributed by atoms with van der Waals surface area (Å²) in [6.07, 6.45) is -0.702. The van der Waals surface area contributed by atoms with Crippen molar-refractivity contribution >= 4 is 18.3 Å². The van der Waals surface area contributed by atoms with Crippen LogP contribution in [-0.2, 0) is 4.79 Å². The Morgan fingerprint density at radius 2 is 2.06 bits per heavy atom. The summed E-state index contributed by atoms with van der Waals surface area (Å²) in [5.41, 5.74) is 0. The van der Waals surface area contributed by atoms with Gasteiger partial charge in [-0.05, 0) is 19.9 Å². The Hall–Kier alpha value is -0.420. The lowest BCUT2D eigenvalue weighted by Crippen LogP contribution is -2.42. The molecule has 1 fully saturated rings. The molecule has 1 aliphatic carbocycles. The molecule has 96 valence electrons. The van der Waals surface area contributed by atoms with Crippen LogP contribution in [0.25, 0.3) is 0 Å². The third kappa shape index (κ3) is 4.61. The first-order chi connectivity index (χ1) is 7.06. The second-order valence-corrected chi connectivity index (χ2v) is 4.07. The Labute approximate surface area is 101 Å². The Bertz CT molecular complexity index is 225. The first kappa shape index (κ1) is 15.6. The molecule has 0 radical (unpaired) electrons. The van der Waals surface area contributed by atoms with Gasteiger partial charge in [0, 0.05) is 18.5 Å². The van der Waals surface area contributed by atoms with Gasteiger partial charge in [0.2, 0.25) is 5.91 Å². The summed E-state index contributed by atoms with van der Waals surface area (Å²) in [7, 11) is 1.75. The molecule has 1 rings (SSSR count). The topological polar surface area (TPSA) is 32.3 Å². The molecule has 0 saturated heterocycles. The summed E-state index contributed by atoms with van der Waals surface area (Å²) in [6.45, 7) is 1.88. The van der Waals surface area contributed by atoms with Gasteiger partial charge in [0.1, 0.15) is 0 Å². The first-order valence-corrected chi connectivity index (χ1v) is 5.29. The van der Waals surface area contributed by atoms with Crippen LogP contribution in [0, 0.1) is 5.92 Å². The Morgan fingerprint density at radius 3 is 2.44 bits per heavy atom. The van der Waals surface area contributed by atoms with Crippen LogP contribution < -0.4 is 5.32 Å². The lowest BCUT2D eigenvalue weighted by atomic mass is 10.1. The van der Waals surface area contributed by atoms with Gasteiger partial charge in [-0.25, -0.2) is 8.78 Å². The molecule has 0 spiro atoms. The van der Waals surface area contributed by atoms with E-state index in [9.17, 15) is 13.6 Å². The maximum Gasteiger partial charge on any atom is 0.255 e. The van der Waals surface area contributed by atoms with Crippen molar-refractivity contribution in [3.05, 3.63) is 0 Å². The van der Waals surface area contributed by atoms with Gasteiger partial charge in [-0.3, -0.25) is 4.79 Å². The van der Waals surface area contributed by atoms with E-state index in [1.165, 1.54) is 4.90 Å². The molecule has 0 bridgehead atoms. The largest absolute Gasteiger partial charge is 0.334 e. The highest BCUT2D eigenvalue weighted by Gasteiger charge is 2.35. The third-order valence-corrected chi connectivity index (χ3v) is 2.54. The number of halogens is 3. The van der Waals surface area contributed by atoms with Crippen LogP contribution in [0.1, 0.15) is 19.8 Å². The molecule has 0 aromatic heterocycles. The van der Waals surface area contributed by atoms with Crippen LogP contribution in [0.4, 0.5) is 8.78 Å². The van der Waals surface area contributed by atoms with Crippen molar-refractivity contribution in [3.8, 4) is 0 Å². The fraction of sp³-hybridized carbons (Fsp3) is 0.900. The van der Waals surface area contributed by atoms with Gasteiger partial charge < -0.3 is 10.2 Å². The lowest BCUT2D eigenvalue weighted by Gasteiger charge is -2.25. The number of amides is 1. The second-order valence-electron chi connectivity index (χ2n) is 4.07. The molecular weight excluding hydrogens is 238 g/mol. The van der Waals surface area contributed by atoms with Crippen molar-refractivity contribution in [2.45, 2.75) is 32.2 Å². The summed E-state index contributed by atoms with van der Waals surface area (Å²) in [5.74, 6) is -0.387. The zero-order chi connectivity index (χ0) is 11.4. The van der Waals surface area contributed by atoms with Crippen molar-refractivity contribution < 1.29 is 13.6 Å². The van der Waals surface area contributed by atoms with E-state index in [2.05, 4.69) is 5.32 Å². The van der Waals surface area contributed by atoms with E-state index in [0.717, 1.165) is 12.8 Å². The van der Waals surface area contributed by atoms with Crippen molar-refractivity contribution in [1.82, 2.24) is 10.2 Å². The number of nitrogens with zero attached hydrogens (tertiary/aromatic N) is 1. The molecule has 1 amide bonds. The number of alkyl halides is 2. The summed E-state index contributed by atoms with van der Waals surface area (Å²) in [5, 5.41) is 2.88. The highest BCUT2D eigenvalue weighted by molar-refractivity contribution is 5.85. The molecule has 1 unspecified atom stereocenters. The van der Waals surface area contributed by atoms with Crippen molar-refractivity contribution in [3.63, 3.8) is 0 Å². The summed E-state index contributed by atoms with van der Waals surface area (Å²) in [6, 6.07) is 0.0609. The van der Waals surface area contributed by atoms with E-state index in [1.54, 1.807) is 14.0 Å². The average Bonchev–Trinajstić information content (AvgIpc) is 2.96. The fourth-order valence-corrected chi connectivity index (χ4v) is 1.63. The molecule has 0 aliphatic heterocycles.